The zero-order valence-corrected chi connectivity index (χ0v) is 11.7. The fourth-order valence-electron chi connectivity index (χ4n) is 1.92. The first-order chi connectivity index (χ1) is 9.88. The van der Waals surface area contributed by atoms with Crippen LogP contribution in [0.1, 0.15) is 18.5 Å². The minimum Gasteiger partial charge on any atom is -0.371 e. The molecule has 0 bridgehead atoms. The summed E-state index contributed by atoms with van der Waals surface area (Å²) in [4.78, 5) is 10.1. The van der Waals surface area contributed by atoms with Crippen molar-refractivity contribution < 1.29 is 13.7 Å². The van der Waals surface area contributed by atoms with Crippen LogP contribution in [0.5, 0.6) is 0 Å². The lowest BCUT2D eigenvalue weighted by atomic mass is 10.1. The maximum absolute atomic E-state index is 13.8. The highest BCUT2D eigenvalue weighted by Gasteiger charge is 2.22. The Kier molecular flexibility index (Phi) is 4.37. The second-order valence-electron chi connectivity index (χ2n) is 4.46. The molecule has 4 nitrogen and oxygen atoms in total. The third kappa shape index (κ3) is 3.46. The molecule has 110 valence electrons. The molecule has 0 aliphatic heterocycles. The van der Waals surface area contributed by atoms with Gasteiger partial charge in [-0.1, -0.05) is 23.7 Å². The van der Waals surface area contributed by atoms with Gasteiger partial charge in [0.05, 0.1) is 11.0 Å². The van der Waals surface area contributed by atoms with Gasteiger partial charge < -0.3 is 5.32 Å². The summed E-state index contributed by atoms with van der Waals surface area (Å²) in [5.74, 6) is -2.02. The highest BCUT2D eigenvalue weighted by atomic mass is 35.5. The average Bonchev–Trinajstić information content (AvgIpc) is 2.41. The summed E-state index contributed by atoms with van der Waals surface area (Å²) in [6, 6.07) is 7.63. The van der Waals surface area contributed by atoms with Crippen molar-refractivity contribution >= 4 is 23.0 Å². The van der Waals surface area contributed by atoms with Gasteiger partial charge in [0.15, 0.2) is 5.82 Å². The highest BCUT2D eigenvalue weighted by molar-refractivity contribution is 6.30. The average molecular weight is 313 g/mol. The molecule has 0 saturated carbocycles. The summed E-state index contributed by atoms with van der Waals surface area (Å²) < 4.78 is 26.9. The van der Waals surface area contributed by atoms with Crippen LogP contribution in [0.25, 0.3) is 0 Å². The smallest absolute Gasteiger partial charge is 0.298 e. The van der Waals surface area contributed by atoms with E-state index >= 15 is 0 Å². The van der Waals surface area contributed by atoms with E-state index < -0.39 is 28.3 Å². The molecule has 1 N–H and O–H groups in total. The van der Waals surface area contributed by atoms with E-state index in [1.54, 1.807) is 31.2 Å². The fraction of sp³-hybridized carbons (Fsp3) is 0.143. The molecular weight excluding hydrogens is 302 g/mol. The molecule has 0 spiro atoms. The molecular formula is C14H11ClF2N2O2. The Balaban J connectivity index is 2.37. The second kappa shape index (κ2) is 6.05. The fourth-order valence-corrected chi connectivity index (χ4v) is 2.12. The number of benzene rings is 2. The van der Waals surface area contributed by atoms with Gasteiger partial charge in [-0.3, -0.25) is 10.1 Å². The summed E-state index contributed by atoms with van der Waals surface area (Å²) >= 11 is 5.87. The predicted octanol–water partition coefficient (Wildman–Crippen LogP) is 4.70. The van der Waals surface area contributed by atoms with E-state index in [1.165, 1.54) is 0 Å². The van der Waals surface area contributed by atoms with Crippen molar-refractivity contribution in [2.24, 2.45) is 0 Å². The Hall–Kier alpha value is -2.21. The maximum Gasteiger partial charge on any atom is 0.298 e. The molecule has 7 heteroatoms. The quantitative estimate of drug-likeness (QED) is 0.657. The molecule has 0 saturated heterocycles. The molecule has 0 amide bonds. The van der Waals surface area contributed by atoms with Gasteiger partial charge in [0.1, 0.15) is 11.5 Å². The Morgan fingerprint density at radius 2 is 2.00 bits per heavy atom. The van der Waals surface area contributed by atoms with Crippen molar-refractivity contribution in [3.8, 4) is 0 Å². The number of nitrogens with zero attached hydrogens (tertiary/aromatic N) is 1. The number of halogens is 3. The molecule has 21 heavy (non-hydrogen) atoms. The molecule has 2 rings (SSSR count). The number of hydrogen-bond donors (Lipinski definition) is 1. The molecule has 0 aliphatic carbocycles. The van der Waals surface area contributed by atoms with E-state index in [2.05, 4.69) is 5.32 Å². The van der Waals surface area contributed by atoms with Crippen LogP contribution in [0.3, 0.4) is 0 Å². The Bertz CT molecular complexity index is 695. The van der Waals surface area contributed by atoms with Crippen molar-refractivity contribution in [2.45, 2.75) is 13.0 Å². The Morgan fingerprint density at radius 3 is 2.62 bits per heavy atom. The van der Waals surface area contributed by atoms with Gasteiger partial charge in [-0.2, -0.15) is 0 Å². The molecule has 0 aromatic heterocycles. The minimum absolute atomic E-state index is 0.353. The van der Waals surface area contributed by atoms with E-state index in [-0.39, 0.29) is 5.69 Å². The van der Waals surface area contributed by atoms with Gasteiger partial charge in [0.2, 0.25) is 0 Å². The van der Waals surface area contributed by atoms with Crippen molar-refractivity contribution in [1.82, 2.24) is 0 Å². The molecule has 0 fully saturated rings. The zero-order valence-electron chi connectivity index (χ0n) is 10.9. The highest BCUT2D eigenvalue weighted by Crippen LogP contribution is 2.32. The Labute approximate surface area is 124 Å². The van der Waals surface area contributed by atoms with Crippen molar-refractivity contribution in [3.63, 3.8) is 0 Å². The number of nitro groups is 1. The van der Waals surface area contributed by atoms with Crippen LogP contribution in [0.4, 0.5) is 20.2 Å². The van der Waals surface area contributed by atoms with E-state index in [9.17, 15) is 18.9 Å². The first-order valence-electron chi connectivity index (χ1n) is 6.04. The third-order valence-electron chi connectivity index (χ3n) is 2.94. The summed E-state index contributed by atoms with van der Waals surface area (Å²) in [6.45, 7) is 1.69. The predicted molar refractivity (Wildman–Crippen MR) is 76.5 cm³/mol. The van der Waals surface area contributed by atoms with Crippen LogP contribution in [-0.4, -0.2) is 4.92 Å². The van der Waals surface area contributed by atoms with Crippen LogP contribution < -0.4 is 5.32 Å². The zero-order chi connectivity index (χ0) is 15.6. The second-order valence-corrected chi connectivity index (χ2v) is 4.90. The first-order valence-corrected chi connectivity index (χ1v) is 6.41. The first kappa shape index (κ1) is 15.2. The summed E-state index contributed by atoms with van der Waals surface area (Å²) in [5, 5.41) is 14.1. The van der Waals surface area contributed by atoms with Crippen LogP contribution in [-0.2, 0) is 0 Å². The van der Waals surface area contributed by atoms with Gasteiger partial charge in [0, 0.05) is 17.1 Å². The van der Waals surface area contributed by atoms with Crippen LogP contribution in [0, 0.1) is 21.7 Å². The maximum atomic E-state index is 13.8. The SMILES string of the molecule is CC(Nc1c(F)cc(F)cc1[N+](=O)[O-])c1cccc(Cl)c1. The van der Waals surface area contributed by atoms with E-state index in [1.807, 2.05) is 0 Å². The number of anilines is 1. The molecule has 2 aromatic carbocycles. The summed E-state index contributed by atoms with van der Waals surface area (Å²) in [7, 11) is 0. The number of nitrogens with one attached hydrogen (secondary N) is 1. The molecule has 0 aliphatic rings. The largest absolute Gasteiger partial charge is 0.371 e. The summed E-state index contributed by atoms with van der Waals surface area (Å²) in [5.41, 5.74) is -0.282. The lowest BCUT2D eigenvalue weighted by Gasteiger charge is -2.16. The number of rotatable bonds is 4. The van der Waals surface area contributed by atoms with Gasteiger partial charge in [-0.25, -0.2) is 8.78 Å². The minimum atomic E-state index is -1.02. The molecule has 1 unspecified atom stereocenters. The Morgan fingerprint density at radius 1 is 1.29 bits per heavy atom. The molecule has 0 heterocycles. The topological polar surface area (TPSA) is 55.2 Å². The van der Waals surface area contributed by atoms with E-state index in [4.69, 9.17) is 11.6 Å². The molecule has 2 aromatic rings. The van der Waals surface area contributed by atoms with Crippen molar-refractivity contribution in [3.05, 3.63) is 68.7 Å². The van der Waals surface area contributed by atoms with Crippen molar-refractivity contribution in [2.75, 3.05) is 5.32 Å². The number of nitro benzene ring substituents is 1. The molecule has 0 radical (unpaired) electrons. The number of hydrogen-bond acceptors (Lipinski definition) is 3. The van der Waals surface area contributed by atoms with Gasteiger partial charge in [0.25, 0.3) is 5.69 Å². The van der Waals surface area contributed by atoms with Crippen LogP contribution >= 0.6 is 11.6 Å². The lowest BCUT2D eigenvalue weighted by Crippen LogP contribution is -2.10. The standard InChI is InChI=1S/C14H11ClF2N2O2/c1-8(9-3-2-4-10(15)5-9)18-14-12(17)6-11(16)7-13(14)19(20)21/h2-8,18H,1H3. The monoisotopic (exact) mass is 312 g/mol. The summed E-state index contributed by atoms with van der Waals surface area (Å²) in [6.07, 6.45) is 0. The van der Waals surface area contributed by atoms with Gasteiger partial charge in [-0.15, -0.1) is 0 Å². The lowest BCUT2D eigenvalue weighted by molar-refractivity contribution is -0.384. The normalized spacial score (nSPS) is 12.0. The van der Waals surface area contributed by atoms with Gasteiger partial charge in [-0.05, 0) is 24.6 Å². The van der Waals surface area contributed by atoms with Gasteiger partial charge >= 0.3 is 0 Å². The van der Waals surface area contributed by atoms with Crippen molar-refractivity contribution in [1.29, 1.82) is 0 Å². The molecule has 1 atom stereocenters. The van der Waals surface area contributed by atoms with E-state index in [0.29, 0.717) is 17.2 Å². The van der Waals surface area contributed by atoms with Crippen LogP contribution in [0.15, 0.2) is 36.4 Å². The van der Waals surface area contributed by atoms with E-state index in [0.717, 1.165) is 5.56 Å². The third-order valence-corrected chi connectivity index (χ3v) is 3.18. The van der Waals surface area contributed by atoms with Crippen LogP contribution in [0.2, 0.25) is 5.02 Å².